The lowest BCUT2D eigenvalue weighted by molar-refractivity contribution is -0.375. The van der Waals surface area contributed by atoms with Crippen molar-refractivity contribution in [2.45, 2.75) is 216 Å². The Hall–Kier alpha value is -0.740. The number of phosphoric acid groups is 1. The van der Waals surface area contributed by atoms with E-state index in [-0.39, 0.29) is 6.42 Å². The lowest BCUT2D eigenvalue weighted by Crippen LogP contribution is -2.69. The third-order valence-corrected chi connectivity index (χ3v) is 15.5. The van der Waals surface area contributed by atoms with Gasteiger partial charge in [-0.15, -0.1) is 0 Å². The Bertz CT molecular complexity index is 1840. The Morgan fingerprint density at radius 1 is 0.359 bits per heavy atom. The molecule has 0 aromatic carbocycles. The summed E-state index contributed by atoms with van der Waals surface area (Å²) in [5, 5.41) is 213. The first-order chi connectivity index (χ1) is 36.8. The van der Waals surface area contributed by atoms with Crippen molar-refractivity contribution in [3.8, 4) is 0 Å². The molecular formula is C42H75O34PS. The zero-order chi connectivity index (χ0) is 57.7. The molecule has 1 aliphatic carbocycles. The zero-order valence-corrected chi connectivity index (χ0v) is 43.1. The van der Waals surface area contributed by atoms with E-state index >= 15 is 0 Å². The molecule has 5 aliphatic heterocycles. The average Bonchev–Trinajstić information content (AvgIpc) is 3.44. The van der Waals surface area contributed by atoms with Gasteiger partial charge in [0.2, 0.25) is 0 Å². The third-order valence-electron chi connectivity index (χ3n) is 14.2. The van der Waals surface area contributed by atoms with Gasteiger partial charge in [-0.3, -0.25) is 9.05 Å². The molecule has 6 aliphatic rings. The summed E-state index contributed by atoms with van der Waals surface area (Å²) in [6.07, 6.45) is -61.2. The number of ether oxygens (including phenoxy) is 10. The Labute approximate surface area is 448 Å². The first kappa shape index (κ1) is 66.4. The van der Waals surface area contributed by atoms with Gasteiger partial charge in [-0.2, -0.15) is 12.6 Å². The molecule has 34 nitrogen and oxygen atoms in total. The normalized spacial score (nSPS) is 49.3. The molecule has 5 saturated heterocycles. The van der Waals surface area contributed by atoms with Crippen molar-refractivity contribution in [3.63, 3.8) is 0 Å². The van der Waals surface area contributed by atoms with Crippen molar-refractivity contribution >= 4 is 20.5 Å². The average molecular weight is 1190 g/mol. The molecule has 458 valence electrons. The Morgan fingerprint density at radius 3 is 1.12 bits per heavy atom. The molecule has 0 aromatic rings. The number of aliphatic hydroxyl groups excluding tert-OH is 20. The number of hydrogen-bond acceptors (Lipinski definition) is 34. The number of hydrogen-bond donors (Lipinski definition) is 22. The molecule has 0 aromatic heterocycles. The van der Waals surface area contributed by atoms with E-state index in [0.717, 1.165) is 0 Å². The predicted octanol–water partition coefficient (Wildman–Crippen LogP) is -12.1. The van der Waals surface area contributed by atoms with Gasteiger partial charge >= 0.3 is 7.82 Å². The predicted molar refractivity (Wildman–Crippen MR) is 246 cm³/mol. The summed E-state index contributed by atoms with van der Waals surface area (Å²) in [4.78, 5) is 10.9. The van der Waals surface area contributed by atoms with Crippen LogP contribution in [0.5, 0.6) is 0 Å². The first-order valence-corrected chi connectivity index (χ1v) is 27.1. The molecule has 0 amide bonds. The topological polar surface area (TPSA) is 553 Å². The molecule has 6 rings (SSSR count). The molecule has 0 radical (unpaired) electrons. The molecule has 14 unspecified atom stereocenters. The van der Waals surface area contributed by atoms with E-state index in [1.165, 1.54) is 0 Å². The maximum atomic E-state index is 13.5. The summed E-state index contributed by atoms with van der Waals surface area (Å²) in [5.74, 6) is 0.569. The monoisotopic (exact) mass is 1190 g/mol. The van der Waals surface area contributed by atoms with E-state index < -0.39 is 238 Å². The van der Waals surface area contributed by atoms with Gasteiger partial charge in [-0.25, -0.2) is 4.57 Å². The number of aliphatic hydroxyl groups is 20. The molecule has 6 fully saturated rings. The summed E-state index contributed by atoms with van der Waals surface area (Å²) >= 11 is 4.12. The maximum absolute atomic E-state index is 13.5. The van der Waals surface area contributed by atoms with Crippen LogP contribution in [0.3, 0.4) is 0 Å². The quantitative estimate of drug-likeness (QED) is 0.0242. The van der Waals surface area contributed by atoms with Crippen molar-refractivity contribution in [1.82, 2.24) is 0 Å². The number of rotatable bonds is 24. The SMILES string of the molecule is O=P(O)(OCCCCCCS)O[C@H]1C(O[C@H]2OC(CO[C@H]3OC(CO[C@H]4OC(CO)[C@@H](O)C(O)[C@H]4O[C@H]4OC(CO)[C@@H](O)C(O)[C@H]4O)[C@@H](O)C(O)[C@H]3O)[C@@H](O)C(O)[C@H]2O)C(O)[C@H](O)[C@@H](O)C1O[C@H]1OC(CO)[C@@H](O)[C@H](O)C1O. The Balaban J connectivity index is 1.17. The van der Waals surface area contributed by atoms with Crippen molar-refractivity contribution in [2.24, 2.45) is 0 Å². The maximum Gasteiger partial charge on any atom is 0.472 e. The van der Waals surface area contributed by atoms with Crippen LogP contribution in [0, 0.1) is 0 Å². The van der Waals surface area contributed by atoms with Gasteiger partial charge in [0, 0.05) is 0 Å². The van der Waals surface area contributed by atoms with Gasteiger partial charge in [0.15, 0.2) is 31.5 Å². The van der Waals surface area contributed by atoms with E-state index in [1.54, 1.807) is 0 Å². The fourth-order valence-electron chi connectivity index (χ4n) is 9.43. The van der Waals surface area contributed by atoms with Crippen LogP contribution < -0.4 is 0 Å². The summed E-state index contributed by atoms with van der Waals surface area (Å²) in [5.41, 5.74) is 0. The van der Waals surface area contributed by atoms with E-state index in [1.807, 2.05) is 0 Å². The number of phosphoric ester groups is 1. The fourth-order valence-corrected chi connectivity index (χ4v) is 10.6. The van der Waals surface area contributed by atoms with Crippen LogP contribution in [0.15, 0.2) is 0 Å². The van der Waals surface area contributed by atoms with Crippen LogP contribution in [0.4, 0.5) is 0 Å². The van der Waals surface area contributed by atoms with E-state index in [0.29, 0.717) is 25.0 Å². The van der Waals surface area contributed by atoms with Gasteiger partial charge in [-0.05, 0) is 18.6 Å². The van der Waals surface area contributed by atoms with E-state index in [2.05, 4.69) is 12.6 Å². The minimum absolute atomic E-state index is 0.217. The molecule has 21 N–H and O–H groups in total. The van der Waals surface area contributed by atoms with Crippen molar-refractivity contribution in [1.29, 1.82) is 0 Å². The minimum Gasteiger partial charge on any atom is -0.394 e. The zero-order valence-electron chi connectivity index (χ0n) is 41.3. The van der Waals surface area contributed by atoms with Crippen LogP contribution in [0.25, 0.3) is 0 Å². The minimum atomic E-state index is -5.36. The highest BCUT2D eigenvalue weighted by Gasteiger charge is 2.59. The van der Waals surface area contributed by atoms with Crippen molar-refractivity contribution in [2.75, 3.05) is 45.4 Å². The van der Waals surface area contributed by atoms with E-state index in [4.69, 9.17) is 56.4 Å². The van der Waals surface area contributed by atoms with Crippen LogP contribution in [0.1, 0.15) is 25.7 Å². The molecule has 1 saturated carbocycles. The molecule has 36 heteroatoms. The number of unbranched alkanes of at least 4 members (excludes halogenated alkanes) is 3. The van der Waals surface area contributed by atoms with Crippen LogP contribution >= 0.6 is 20.5 Å². The van der Waals surface area contributed by atoms with Gasteiger partial charge in [0.1, 0.15) is 159 Å². The molecule has 0 bridgehead atoms. The van der Waals surface area contributed by atoms with Gasteiger partial charge in [-0.1, -0.05) is 12.8 Å². The second-order valence-electron chi connectivity index (χ2n) is 19.6. The lowest BCUT2D eigenvalue weighted by atomic mass is 9.84. The Kier molecular flexibility index (Phi) is 25.0. The highest BCUT2D eigenvalue weighted by Crippen LogP contribution is 2.49. The summed E-state index contributed by atoms with van der Waals surface area (Å²) in [7, 11) is -5.36. The molecule has 5 heterocycles. The smallest absolute Gasteiger partial charge is 0.394 e. The van der Waals surface area contributed by atoms with Gasteiger partial charge in [0.25, 0.3) is 0 Å². The van der Waals surface area contributed by atoms with Crippen LogP contribution in [-0.4, -0.2) is 343 Å². The van der Waals surface area contributed by atoms with Gasteiger partial charge < -0.3 is 154 Å². The second kappa shape index (κ2) is 29.4. The van der Waals surface area contributed by atoms with Crippen molar-refractivity contribution < 1.29 is 168 Å². The molecule has 32 atom stereocenters. The first-order valence-electron chi connectivity index (χ1n) is 25.0. The summed E-state index contributed by atoms with van der Waals surface area (Å²) < 4.78 is 80.0. The molecule has 78 heavy (non-hydrogen) atoms. The highest BCUT2D eigenvalue weighted by atomic mass is 32.1. The fraction of sp³-hybridized carbons (Fsp3) is 1.00. The van der Waals surface area contributed by atoms with Crippen molar-refractivity contribution in [3.05, 3.63) is 0 Å². The molecular weight excluding hydrogens is 1110 g/mol. The summed E-state index contributed by atoms with van der Waals surface area (Å²) in [6, 6.07) is 0. The Morgan fingerprint density at radius 2 is 0.679 bits per heavy atom. The third kappa shape index (κ3) is 15.2. The highest BCUT2D eigenvalue weighted by molar-refractivity contribution is 7.80. The number of thiol groups is 1. The summed E-state index contributed by atoms with van der Waals surface area (Å²) in [6.45, 7) is -5.03. The largest absolute Gasteiger partial charge is 0.472 e. The van der Waals surface area contributed by atoms with Crippen LogP contribution in [-0.2, 0) is 61.0 Å². The van der Waals surface area contributed by atoms with Gasteiger partial charge in [0.05, 0.1) is 39.6 Å². The second-order valence-corrected chi connectivity index (χ2v) is 21.4. The standard InChI is InChI=1S/C42H75O34PS/c43-7-12-17(46)22(51)31(60)39(68-12)73-34-28(57)26(55)29(58)35(37(34)76-77(63,64)67-5-3-1-2-4-6-78)74-41-33(62)25(54)21(50)16(72-41)10-65-38-30(59)24(53)20(49)15(71-38)11-66-42-36(27(56)19(48)14(9-45)70-42)75-40-32(61)23(52)18(47)13(8-44)69-40/h12-62,78H,1-11H2,(H,63,64)/t12?,13?,14?,15?,16?,17-,18-,19-,20-,21-,22+,23?,24?,25?,26-,27?,28-,29?,30-,31?,32-,33-,34?,35?,36-,37-,38+,39-,40-,41-,42+/m1/s1. The van der Waals surface area contributed by atoms with Crippen LogP contribution in [0.2, 0.25) is 0 Å². The lowest BCUT2D eigenvalue weighted by Gasteiger charge is -2.49. The van der Waals surface area contributed by atoms with E-state index in [9.17, 15) is 112 Å². The molecule has 0 spiro atoms.